The SMILES string of the molecule is CCC(C)CCCCCCCCC(=O)OC[C@H](COP(=O)(O)OC[C@H](O)COP(=O)(O)OC[C@@H](COC(=O)CCCCCCCCCCCCC(C)C)OC(=O)CCCCCCCCCCCCCC(C)C)OC(=O)CCCCCCCCCCCCC(C)C. The van der Waals surface area contributed by atoms with Gasteiger partial charge in [0.2, 0.25) is 0 Å². The van der Waals surface area contributed by atoms with Gasteiger partial charge in [0.25, 0.3) is 0 Å². The average Bonchev–Trinajstić information content (AvgIpc) is 3.71. The lowest BCUT2D eigenvalue weighted by Gasteiger charge is -2.21. The van der Waals surface area contributed by atoms with E-state index in [1.54, 1.807) is 0 Å². The molecule has 0 heterocycles. The number of rotatable bonds is 68. The number of hydrogen-bond donors (Lipinski definition) is 3. The minimum absolute atomic E-state index is 0.104. The van der Waals surface area contributed by atoms with E-state index in [4.69, 9.17) is 37.0 Å². The predicted molar refractivity (Wildman–Crippen MR) is 363 cm³/mol. The third kappa shape index (κ3) is 63.5. The van der Waals surface area contributed by atoms with E-state index in [0.717, 1.165) is 120 Å². The zero-order valence-corrected chi connectivity index (χ0v) is 60.6. The Morgan fingerprint density at radius 2 is 0.533 bits per heavy atom. The maximum Gasteiger partial charge on any atom is 0.472 e. The lowest BCUT2D eigenvalue weighted by molar-refractivity contribution is -0.161. The second-order valence-electron chi connectivity index (χ2n) is 27.3. The van der Waals surface area contributed by atoms with Crippen LogP contribution in [0.5, 0.6) is 0 Å². The molecule has 3 N–H and O–H groups in total. The Bertz CT molecular complexity index is 1780. The van der Waals surface area contributed by atoms with Crippen LogP contribution in [0.25, 0.3) is 0 Å². The normalized spacial score (nSPS) is 14.6. The molecule has 0 aromatic heterocycles. The number of hydrogen-bond acceptors (Lipinski definition) is 15. The number of carbonyl (C=O) groups excluding carboxylic acids is 4. The van der Waals surface area contributed by atoms with E-state index in [9.17, 15) is 43.2 Å². The number of carbonyl (C=O) groups is 4. The van der Waals surface area contributed by atoms with Crippen molar-refractivity contribution in [2.75, 3.05) is 39.6 Å². The first-order chi connectivity index (χ1) is 43.1. The minimum Gasteiger partial charge on any atom is -0.462 e. The van der Waals surface area contributed by atoms with Crippen molar-refractivity contribution in [2.24, 2.45) is 23.7 Å². The summed E-state index contributed by atoms with van der Waals surface area (Å²) in [7, 11) is -9.91. The summed E-state index contributed by atoms with van der Waals surface area (Å²) >= 11 is 0. The molecule has 0 aliphatic rings. The van der Waals surface area contributed by atoms with Crippen molar-refractivity contribution in [3.8, 4) is 0 Å². The van der Waals surface area contributed by atoms with Gasteiger partial charge in [0.05, 0.1) is 26.4 Å². The van der Waals surface area contributed by atoms with Gasteiger partial charge in [0, 0.05) is 25.7 Å². The van der Waals surface area contributed by atoms with E-state index < -0.39 is 97.5 Å². The van der Waals surface area contributed by atoms with Gasteiger partial charge in [-0.25, -0.2) is 9.13 Å². The molecule has 0 saturated carbocycles. The van der Waals surface area contributed by atoms with Gasteiger partial charge in [0.15, 0.2) is 12.2 Å². The van der Waals surface area contributed by atoms with Crippen molar-refractivity contribution in [1.29, 1.82) is 0 Å². The number of phosphoric ester groups is 2. The predicted octanol–water partition coefficient (Wildman–Crippen LogP) is 20.1. The molecule has 0 bridgehead atoms. The molecular weight excluding hydrogens is 1190 g/mol. The quantitative estimate of drug-likeness (QED) is 0.0222. The van der Waals surface area contributed by atoms with Crippen molar-refractivity contribution >= 4 is 39.5 Å². The standard InChI is InChI=1S/C71H138O17P2/c1-9-64(8)50-42-34-29-30-36-44-52-69(74)82-58-67(88-71(76)54-46-38-28-22-16-14-19-25-33-41-49-63(6)7)60-86-90(79,80)84-56-65(72)55-83-89(77,78)85-59-66(57-81-68(73)51-43-35-26-20-15-13-18-24-32-40-48-62(4)5)87-70(75)53-45-37-27-21-12-10-11-17-23-31-39-47-61(2)3/h61-67,72H,9-60H2,1-8H3,(H,77,78)(H,79,80)/t64?,65-,66-,67-/m1/s1. The van der Waals surface area contributed by atoms with E-state index >= 15 is 0 Å². The van der Waals surface area contributed by atoms with E-state index in [2.05, 4.69) is 55.4 Å². The first kappa shape index (κ1) is 88.1. The molecule has 90 heavy (non-hydrogen) atoms. The highest BCUT2D eigenvalue weighted by molar-refractivity contribution is 7.47. The topological polar surface area (TPSA) is 237 Å². The van der Waals surface area contributed by atoms with Crippen LogP contribution in [0.1, 0.15) is 351 Å². The zero-order valence-electron chi connectivity index (χ0n) is 58.8. The van der Waals surface area contributed by atoms with Gasteiger partial charge >= 0.3 is 39.5 Å². The molecule has 17 nitrogen and oxygen atoms in total. The monoisotopic (exact) mass is 1320 g/mol. The van der Waals surface area contributed by atoms with Gasteiger partial charge in [-0.1, -0.05) is 299 Å². The van der Waals surface area contributed by atoms with Gasteiger partial charge in [-0.05, 0) is 49.4 Å². The molecule has 0 fully saturated rings. The van der Waals surface area contributed by atoms with E-state index in [-0.39, 0.29) is 25.7 Å². The summed E-state index contributed by atoms with van der Waals surface area (Å²) < 4.78 is 68.3. The Hall–Kier alpha value is -1.94. The number of aliphatic hydroxyl groups is 1. The molecule has 3 unspecified atom stereocenters. The minimum atomic E-state index is -4.95. The van der Waals surface area contributed by atoms with Gasteiger partial charge in [-0.15, -0.1) is 0 Å². The molecule has 19 heteroatoms. The van der Waals surface area contributed by atoms with Crippen LogP contribution in [0.4, 0.5) is 0 Å². The first-order valence-electron chi connectivity index (χ1n) is 36.7. The Morgan fingerprint density at radius 3 is 0.789 bits per heavy atom. The number of unbranched alkanes of at least 4 members (excludes halogenated alkanes) is 33. The molecule has 0 amide bonds. The van der Waals surface area contributed by atoms with Crippen LogP contribution >= 0.6 is 15.6 Å². The number of phosphoric acid groups is 2. The van der Waals surface area contributed by atoms with E-state index in [1.807, 2.05) is 0 Å². The lowest BCUT2D eigenvalue weighted by Crippen LogP contribution is -2.30. The fourth-order valence-corrected chi connectivity index (χ4v) is 12.2. The molecule has 0 aliphatic heterocycles. The Kier molecular flexibility index (Phi) is 59.4. The molecule has 0 aliphatic carbocycles. The fourth-order valence-electron chi connectivity index (χ4n) is 10.6. The van der Waals surface area contributed by atoms with Crippen molar-refractivity contribution in [3.63, 3.8) is 0 Å². The highest BCUT2D eigenvalue weighted by Crippen LogP contribution is 2.45. The van der Waals surface area contributed by atoms with Crippen LogP contribution in [0, 0.1) is 23.7 Å². The van der Waals surface area contributed by atoms with Crippen LogP contribution in [0.15, 0.2) is 0 Å². The van der Waals surface area contributed by atoms with E-state index in [0.29, 0.717) is 25.7 Å². The van der Waals surface area contributed by atoms with Crippen molar-refractivity contribution in [3.05, 3.63) is 0 Å². The molecule has 0 saturated heterocycles. The summed E-state index contributed by atoms with van der Waals surface area (Å²) in [5.41, 5.74) is 0. The second kappa shape index (κ2) is 60.7. The Morgan fingerprint density at radius 1 is 0.311 bits per heavy atom. The summed E-state index contributed by atoms with van der Waals surface area (Å²) in [5.74, 6) is 0.878. The van der Waals surface area contributed by atoms with Gasteiger partial charge in [-0.3, -0.25) is 37.3 Å². The molecular formula is C71H138O17P2. The van der Waals surface area contributed by atoms with Gasteiger partial charge in [0.1, 0.15) is 19.3 Å². The highest BCUT2D eigenvalue weighted by Gasteiger charge is 2.30. The van der Waals surface area contributed by atoms with Crippen LogP contribution in [-0.4, -0.2) is 96.7 Å². The zero-order chi connectivity index (χ0) is 66.8. The van der Waals surface area contributed by atoms with Gasteiger partial charge in [-0.2, -0.15) is 0 Å². The van der Waals surface area contributed by atoms with Crippen LogP contribution in [0.2, 0.25) is 0 Å². The third-order valence-corrected chi connectivity index (χ3v) is 18.6. The summed E-state index contributed by atoms with van der Waals surface area (Å²) in [6.07, 6.45) is 43.0. The van der Waals surface area contributed by atoms with Crippen LogP contribution < -0.4 is 0 Å². The lowest BCUT2D eigenvalue weighted by atomic mass is 10.00. The fraction of sp³-hybridized carbons (Fsp3) is 0.944. The molecule has 0 aromatic rings. The van der Waals surface area contributed by atoms with E-state index in [1.165, 1.54) is 148 Å². The van der Waals surface area contributed by atoms with Crippen LogP contribution in [0.3, 0.4) is 0 Å². The van der Waals surface area contributed by atoms with Crippen LogP contribution in [-0.2, 0) is 65.4 Å². The highest BCUT2D eigenvalue weighted by atomic mass is 31.2. The number of ether oxygens (including phenoxy) is 4. The third-order valence-electron chi connectivity index (χ3n) is 16.7. The van der Waals surface area contributed by atoms with Crippen molar-refractivity contribution in [1.82, 2.24) is 0 Å². The maximum atomic E-state index is 13.0. The van der Waals surface area contributed by atoms with Crippen molar-refractivity contribution in [2.45, 2.75) is 369 Å². The molecule has 0 rings (SSSR count). The summed E-state index contributed by atoms with van der Waals surface area (Å²) in [4.78, 5) is 72.6. The largest absolute Gasteiger partial charge is 0.472 e. The molecule has 0 radical (unpaired) electrons. The van der Waals surface area contributed by atoms with Crippen molar-refractivity contribution < 1.29 is 80.2 Å². The summed E-state index contributed by atoms with van der Waals surface area (Å²) in [6.45, 7) is 14.1. The molecule has 534 valence electrons. The molecule has 0 spiro atoms. The average molecular weight is 1330 g/mol. The second-order valence-corrected chi connectivity index (χ2v) is 30.2. The summed E-state index contributed by atoms with van der Waals surface area (Å²) in [6, 6.07) is 0. The Labute approximate surface area is 549 Å². The smallest absolute Gasteiger partial charge is 0.462 e. The Balaban J connectivity index is 5.27. The maximum absolute atomic E-state index is 13.0. The number of aliphatic hydroxyl groups excluding tert-OH is 1. The van der Waals surface area contributed by atoms with Gasteiger partial charge < -0.3 is 33.8 Å². The first-order valence-corrected chi connectivity index (χ1v) is 39.7. The molecule has 0 aromatic carbocycles. The molecule has 6 atom stereocenters. The summed E-state index contributed by atoms with van der Waals surface area (Å²) in [5, 5.41) is 10.6. The number of esters is 4.